The number of nitrogens with one attached hydrogen (secondary N) is 1. The van der Waals surface area contributed by atoms with Crippen LogP contribution in [0, 0.1) is 6.92 Å². The molecule has 5 heteroatoms. The van der Waals surface area contributed by atoms with Gasteiger partial charge < -0.3 is 4.98 Å². The summed E-state index contributed by atoms with van der Waals surface area (Å²) < 4.78 is 0.829. The molecule has 0 radical (unpaired) electrons. The molecule has 1 heterocycles. The molecule has 21 heavy (non-hydrogen) atoms. The lowest BCUT2D eigenvalue weighted by Crippen LogP contribution is -2.03. The van der Waals surface area contributed by atoms with Crippen LogP contribution in [0.5, 0.6) is 0 Å². The quantitative estimate of drug-likeness (QED) is 0.545. The van der Waals surface area contributed by atoms with Gasteiger partial charge in [-0.2, -0.15) is 0 Å². The van der Waals surface area contributed by atoms with Gasteiger partial charge in [0.1, 0.15) is 0 Å². The number of ketones is 1. The van der Waals surface area contributed by atoms with E-state index in [1.54, 1.807) is 0 Å². The van der Waals surface area contributed by atoms with Crippen molar-refractivity contribution in [3.8, 4) is 0 Å². The van der Waals surface area contributed by atoms with Gasteiger partial charge >= 0.3 is 0 Å². The number of carbonyl (C=O) groups is 1. The Morgan fingerprint density at radius 2 is 2.10 bits per heavy atom. The Labute approximate surface area is 135 Å². The molecule has 3 aromatic rings. The number of thioether (sulfide) groups is 1. The van der Waals surface area contributed by atoms with E-state index in [-0.39, 0.29) is 5.78 Å². The number of H-pyrrole nitrogens is 1. The van der Waals surface area contributed by atoms with Gasteiger partial charge in [0.25, 0.3) is 0 Å². The highest BCUT2D eigenvalue weighted by molar-refractivity contribution is 9.10. The van der Waals surface area contributed by atoms with E-state index in [1.807, 2.05) is 43.3 Å². The van der Waals surface area contributed by atoms with Gasteiger partial charge in [-0.15, -0.1) is 0 Å². The largest absolute Gasteiger partial charge is 0.333 e. The first-order chi connectivity index (χ1) is 10.1. The van der Waals surface area contributed by atoms with Crippen molar-refractivity contribution in [1.82, 2.24) is 9.97 Å². The van der Waals surface area contributed by atoms with Crippen LogP contribution in [0.3, 0.4) is 0 Å². The summed E-state index contributed by atoms with van der Waals surface area (Å²) in [4.78, 5) is 19.9. The molecule has 0 aliphatic carbocycles. The molecule has 106 valence electrons. The second kappa shape index (κ2) is 6.03. The number of aromatic nitrogens is 2. The van der Waals surface area contributed by atoms with Crippen LogP contribution in [0.2, 0.25) is 0 Å². The van der Waals surface area contributed by atoms with Gasteiger partial charge in [0.15, 0.2) is 10.9 Å². The van der Waals surface area contributed by atoms with Gasteiger partial charge in [0, 0.05) is 10.0 Å². The zero-order valence-corrected chi connectivity index (χ0v) is 13.8. The summed E-state index contributed by atoms with van der Waals surface area (Å²) in [5, 5.41) is 0.774. The third-order valence-corrected chi connectivity index (χ3v) is 4.69. The van der Waals surface area contributed by atoms with Crippen LogP contribution in [0.25, 0.3) is 11.0 Å². The highest BCUT2D eigenvalue weighted by Gasteiger charge is 2.11. The van der Waals surface area contributed by atoms with E-state index in [0.717, 1.165) is 20.7 Å². The molecule has 0 fully saturated rings. The van der Waals surface area contributed by atoms with Gasteiger partial charge in [-0.05, 0) is 30.7 Å². The molecule has 0 aliphatic rings. The van der Waals surface area contributed by atoms with E-state index in [1.165, 1.54) is 17.3 Å². The molecule has 0 bridgehead atoms. The predicted molar refractivity (Wildman–Crippen MR) is 90.0 cm³/mol. The molecule has 1 N–H and O–H groups in total. The average Bonchev–Trinajstić information content (AvgIpc) is 2.87. The van der Waals surface area contributed by atoms with Crippen LogP contribution in [0.4, 0.5) is 0 Å². The molecule has 0 aliphatic heterocycles. The van der Waals surface area contributed by atoms with Crippen LogP contribution in [-0.4, -0.2) is 21.5 Å². The standard InChI is InChI=1S/C16H13BrN2OS/c1-10-6-7-13-14(8-10)19-16(18-13)21-9-15(20)11-4-2-3-5-12(11)17/h2-8H,9H2,1H3,(H,18,19). The monoisotopic (exact) mass is 360 g/mol. The molecule has 0 atom stereocenters. The number of aryl methyl sites for hydroxylation is 1. The summed E-state index contributed by atoms with van der Waals surface area (Å²) >= 11 is 4.83. The Morgan fingerprint density at radius 3 is 2.90 bits per heavy atom. The third kappa shape index (κ3) is 3.19. The number of halogens is 1. The summed E-state index contributed by atoms with van der Waals surface area (Å²) in [6, 6.07) is 13.5. The Kier molecular flexibility index (Phi) is 4.12. The van der Waals surface area contributed by atoms with Crippen molar-refractivity contribution in [2.75, 3.05) is 5.75 Å². The summed E-state index contributed by atoms with van der Waals surface area (Å²) in [6.07, 6.45) is 0. The Bertz CT molecular complexity index is 813. The number of rotatable bonds is 4. The lowest BCUT2D eigenvalue weighted by Gasteiger charge is -2.01. The maximum Gasteiger partial charge on any atom is 0.174 e. The number of hydrogen-bond acceptors (Lipinski definition) is 3. The van der Waals surface area contributed by atoms with Crippen LogP contribution in [0.15, 0.2) is 52.1 Å². The van der Waals surface area contributed by atoms with Crippen molar-refractivity contribution < 1.29 is 4.79 Å². The number of benzene rings is 2. The highest BCUT2D eigenvalue weighted by Crippen LogP contribution is 2.23. The van der Waals surface area contributed by atoms with Gasteiger partial charge in [-0.3, -0.25) is 4.79 Å². The number of hydrogen-bond donors (Lipinski definition) is 1. The molecule has 3 nitrogen and oxygen atoms in total. The number of aromatic amines is 1. The van der Waals surface area contributed by atoms with Crippen LogP contribution in [-0.2, 0) is 0 Å². The smallest absolute Gasteiger partial charge is 0.174 e. The van der Waals surface area contributed by atoms with E-state index in [2.05, 4.69) is 32.0 Å². The molecule has 0 unspecified atom stereocenters. The van der Waals surface area contributed by atoms with Gasteiger partial charge in [0.05, 0.1) is 16.8 Å². The van der Waals surface area contributed by atoms with Crippen molar-refractivity contribution in [3.63, 3.8) is 0 Å². The molecule has 0 saturated heterocycles. The number of Topliss-reactive ketones (excluding diaryl/α,β-unsaturated/α-hetero) is 1. The molecule has 0 amide bonds. The second-order valence-corrected chi connectivity index (χ2v) is 6.57. The molecule has 2 aromatic carbocycles. The number of fused-ring (bicyclic) bond motifs is 1. The summed E-state index contributed by atoms with van der Waals surface area (Å²) in [7, 11) is 0. The minimum Gasteiger partial charge on any atom is -0.333 e. The predicted octanol–water partition coefficient (Wildman–Crippen LogP) is 4.61. The molecule has 1 aromatic heterocycles. The van der Waals surface area contributed by atoms with E-state index >= 15 is 0 Å². The van der Waals surface area contributed by atoms with Crippen molar-refractivity contribution in [2.45, 2.75) is 12.1 Å². The van der Waals surface area contributed by atoms with E-state index in [9.17, 15) is 4.79 Å². The lowest BCUT2D eigenvalue weighted by molar-refractivity contribution is 0.102. The first-order valence-electron chi connectivity index (χ1n) is 6.50. The summed E-state index contributed by atoms with van der Waals surface area (Å²) in [6.45, 7) is 2.05. The van der Waals surface area contributed by atoms with Crippen molar-refractivity contribution in [2.24, 2.45) is 0 Å². The van der Waals surface area contributed by atoms with Crippen LogP contribution in [0.1, 0.15) is 15.9 Å². The van der Waals surface area contributed by atoms with Gasteiger partial charge in [-0.25, -0.2) is 4.98 Å². The summed E-state index contributed by atoms with van der Waals surface area (Å²) in [5.74, 6) is 0.450. The van der Waals surface area contributed by atoms with Crippen molar-refractivity contribution >= 4 is 44.5 Å². The van der Waals surface area contributed by atoms with Gasteiger partial charge in [-0.1, -0.05) is 52.0 Å². The second-order valence-electron chi connectivity index (χ2n) is 4.75. The molecule has 3 rings (SSSR count). The Balaban J connectivity index is 1.74. The fraction of sp³-hybridized carbons (Fsp3) is 0.125. The maximum atomic E-state index is 12.2. The van der Waals surface area contributed by atoms with Gasteiger partial charge in [0.2, 0.25) is 0 Å². The first kappa shape index (κ1) is 14.4. The minimum atomic E-state index is 0.0871. The lowest BCUT2D eigenvalue weighted by atomic mass is 10.1. The van der Waals surface area contributed by atoms with E-state index < -0.39 is 0 Å². The number of carbonyl (C=O) groups excluding carboxylic acids is 1. The first-order valence-corrected chi connectivity index (χ1v) is 8.28. The zero-order valence-electron chi connectivity index (χ0n) is 11.4. The fourth-order valence-corrected chi connectivity index (χ4v) is 3.34. The summed E-state index contributed by atoms with van der Waals surface area (Å²) in [5.41, 5.74) is 3.83. The van der Waals surface area contributed by atoms with Crippen LogP contribution < -0.4 is 0 Å². The Hall–Kier alpha value is -1.59. The number of imidazole rings is 1. The normalized spacial score (nSPS) is 11.0. The van der Waals surface area contributed by atoms with E-state index in [4.69, 9.17) is 0 Å². The fourth-order valence-electron chi connectivity index (χ4n) is 2.07. The molecule has 0 saturated carbocycles. The van der Waals surface area contributed by atoms with Crippen molar-refractivity contribution in [1.29, 1.82) is 0 Å². The topological polar surface area (TPSA) is 45.8 Å². The van der Waals surface area contributed by atoms with Crippen molar-refractivity contribution in [3.05, 3.63) is 58.1 Å². The zero-order chi connectivity index (χ0) is 14.8. The third-order valence-electron chi connectivity index (χ3n) is 3.13. The molecular weight excluding hydrogens is 348 g/mol. The molecule has 0 spiro atoms. The minimum absolute atomic E-state index is 0.0871. The average molecular weight is 361 g/mol. The SMILES string of the molecule is Cc1ccc2nc(SCC(=O)c3ccccc3Br)[nH]c2c1. The maximum absolute atomic E-state index is 12.2. The van der Waals surface area contributed by atoms with E-state index in [0.29, 0.717) is 11.3 Å². The number of nitrogens with zero attached hydrogens (tertiary/aromatic N) is 1. The highest BCUT2D eigenvalue weighted by atomic mass is 79.9. The van der Waals surface area contributed by atoms with Crippen LogP contribution >= 0.6 is 27.7 Å². The Morgan fingerprint density at radius 1 is 1.29 bits per heavy atom. The molecular formula is C16H13BrN2OS.